The molecule has 0 fully saturated rings. The third-order valence-electron chi connectivity index (χ3n) is 5.07. The van der Waals surface area contributed by atoms with Gasteiger partial charge in [-0.3, -0.25) is 14.1 Å². The standard InChI is InChI=1S/C23H18ClF6N3O3S/c1-37(35,36)33(13-16-10-17(22(25,26)27)5-8-19(16)24)18-6-3-15(4-7-18)21(34)32-12-14-2-9-20(31-11-14)23(28,29)30/h2-11H,12-13H2,1H3,(H,32,34). The number of carbonyl (C=O) groups excluding carboxylic acids is 1. The van der Waals surface area contributed by atoms with E-state index in [1.807, 2.05) is 0 Å². The monoisotopic (exact) mass is 565 g/mol. The Morgan fingerprint density at radius 1 is 0.973 bits per heavy atom. The molecule has 0 saturated carbocycles. The molecule has 2 aromatic carbocycles. The Hall–Kier alpha value is -3.32. The number of rotatable bonds is 7. The smallest absolute Gasteiger partial charge is 0.348 e. The summed E-state index contributed by atoms with van der Waals surface area (Å²) in [5, 5.41) is 2.44. The zero-order valence-electron chi connectivity index (χ0n) is 18.9. The Bertz CT molecular complexity index is 1380. The molecular formula is C23H18ClF6N3O3S. The predicted molar refractivity (Wildman–Crippen MR) is 124 cm³/mol. The van der Waals surface area contributed by atoms with E-state index in [1.54, 1.807) is 0 Å². The molecule has 0 atom stereocenters. The second-order valence-electron chi connectivity index (χ2n) is 7.85. The number of nitrogens with zero attached hydrogens (tertiary/aromatic N) is 2. The van der Waals surface area contributed by atoms with E-state index in [1.165, 1.54) is 30.3 Å². The summed E-state index contributed by atoms with van der Waals surface area (Å²) in [6.45, 7) is -0.608. The molecule has 14 heteroatoms. The minimum atomic E-state index is -4.65. The highest BCUT2D eigenvalue weighted by Gasteiger charge is 2.32. The number of amides is 1. The Labute approximate surface area is 212 Å². The lowest BCUT2D eigenvalue weighted by Gasteiger charge is -2.24. The molecule has 0 radical (unpaired) electrons. The number of benzene rings is 2. The molecule has 0 aliphatic heterocycles. The lowest BCUT2D eigenvalue weighted by atomic mass is 10.1. The molecule has 0 aliphatic rings. The van der Waals surface area contributed by atoms with Gasteiger partial charge in [-0.15, -0.1) is 0 Å². The molecule has 3 aromatic rings. The zero-order valence-corrected chi connectivity index (χ0v) is 20.4. The number of anilines is 1. The third-order valence-corrected chi connectivity index (χ3v) is 6.58. The summed E-state index contributed by atoms with van der Waals surface area (Å²) in [7, 11) is -3.97. The lowest BCUT2D eigenvalue weighted by Crippen LogP contribution is -2.29. The quantitative estimate of drug-likeness (QED) is 0.375. The number of aromatic nitrogens is 1. The van der Waals surface area contributed by atoms with Crippen LogP contribution >= 0.6 is 11.6 Å². The van der Waals surface area contributed by atoms with Gasteiger partial charge >= 0.3 is 12.4 Å². The fraction of sp³-hybridized carbons (Fsp3) is 0.217. The molecule has 0 unspecified atom stereocenters. The average Bonchev–Trinajstić information content (AvgIpc) is 2.80. The second-order valence-corrected chi connectivity index (χ2v) is 10.2. The Morgan fingerprint density at radius 2 is 1.62 bits per heavy atom. The van der Waals surface area contributed by atoms with Crippen LogP contribution < -0.4 is 9.62 Å². The minimum absolute atomic E-state index is 0.0598. The van der Waals surface area contributed by atoms with Crippen LogP contribution in [0.15, 0.2) is 60.8 Å². The van der Waals surface area contributed by atoms with Crippen molar-refractivity contribution in [1.82, 2.24) is 10.3 Å². The first-order valence-electron chi connectivity index (χ1n) is 10.3. The van der Waals surface area contributed by atoms with Gasteiger partial charge in [-0.25, -0.2) is 8.42 Å². The molecule has 0 spiro atoms. The van der Waals surface area contributed by atoms with E-state index in [9.17, 15) is 39.6 Å². The summed E-state index contributed by atoms with van der Waals surface area (Å²) in [4.78, 5) is 15.7. The van der Waals surface area contributed by atoms with Gasteiger partial charge in [0.2, 0.25) is 10.0 Å². The van der Waals surface area contributed by atoms with Crippen LogP contribution in [0.1, 0.15) is 32.7 Å². The number of sulfonamides is 1. The maximum atomic E-state index is 13.1. The zero-order chi connectivity index (χ0) is 27.6. The molecule has 0 bridgehead atoms. The van der Waals surface area contributed by atoms with E-state index >= 15 is 0 Å². The van der Waals surface area contributed by atoms with Crippen molar-refractivity contribution in [3.05, 3.63) is 93.8 Å². The Morgan fingerprint density at radius 3 is 2.14 bits per heavy atom. The summed E-state index contributed by atoms with van der Waals surface area (Å²) in [6, 6.07) is 9.69. The van der Waals surface area contributed by atoms with E-state index in [4.69, 9.17) is 11.6 Å². The van der Waals surface area contributed by atoms with Crippen molar-refractivity contribution in [1.29, 1.82) is 0 Å². The molecular weight excluding hydrogens is 548 g/mol. The van der Waals surface area contributed by atoms with Crippen molar-refractivity contribution < 1.29 is 39.6 Å². The largest absolute Gasteiger partial charge is 0.433 e. The molecule has 1 heterocycles. The van der Waals surface area contributed by atoms with Gasteiger partial charge in [0.05, 0.1) is 24.1 Å². The molecule has 3 rings (SSSR count). The van der Waals surface area contributed by atoms with Crippen LogP contribution in [0, 0.1) is 0 Å². The number of alkyl halides is 6. The number of carbonyl (C=O) groups is 1. The highest BCUT2D eigenvalue weighted by Crippen LogP contribution is 2.33. The van der Waals surface area contributed by atoms with Crippen LogP contribution in [0.2, 0.25) is 5.02 Å². The molecule has 0 saturated heterocycles. The molecule has 1 aromatic heterocycles. The normalized spacial score (nSPS) is 12.3. The van der Waals surface area contributed by atoms with Gasteiger partial charge in [0.25, 0.3) is 5.91 Å². The van der Waals surface area contributed by atoms with Crippen LogP contribution in [0.25, 0.3) is 0 Å². The van der Waals surface area contributed by atoms with E-state index in [-0.39, 0.29) is 28.4 Å². The number of nitrogens with one attached hydrogen (secondary N) is 1. The van der Waals surface area contributed by atoms with E-state index < -0.39 is 46.1 Å². The number of halogens is 7. The van der Waals surface area contributed by atoms with Crippen molar-refractivity contribution in [2.75, 3.05) is 10.6 Å². The van der Waals surface area contributed by atoms with Crippen LogP contribution in [0.3, 0.4) is 0 Å². The average molecular weight is 566 g/mol. The molecule has 6 nitrogen and oxygen atoms in total. The van der Waals surface area contributed by atoms with Gasteiger partial charge in [0, 0.05) is 23.3 Å². The van der Waals surface area contributed by atoms with Gasteiger partial charge in [-0.05, 0) is 59.7 Å². The first-order chi connectivity index (χ1) is 17.1. The fourth-order valence-corrected chi connectivity index (χ4v) is 4.24. The van der Waals surface area contributed by atoms with Gasteiger partial charge in [0.15, 0.2) is 0 Å². The maximum Gasteiger partial charge on any atom is 0.433 e. The van der Waals surface area contributed by atoms with E-state index in [2.05, 4.69) is 10.3 Å². The Balaban J connectivity index is 1.75. The number of hydrogen-bond donors (Lipinski definition) is 1. The van der Waals surface area contributed by atoms with Crippen LogP contribution in [0.5, 0.6) is 0 Å². The van der Waals surface area contributed by atoms with Crippen molar-refractivity contribution >= 4 is 33.2 Å². The first kappa shape index (κ1) is 28.3. The molecule has 1 N–H and O–H groups in total. The molecule has 198 valence electrons. The predicted octanol–water partition coefficient (Wildman–Crippen LogP) is 5.67. The maximum absolute atomic E-state index is 13.1. The van der Waals surface area contributed by atoms with Gasteiger partial charge < -0.3 is 5.32 Å². The second kappa shape index (κ2) is 10.6. The van der Waals surface area contributed by atoms with Crippen molar-refractivity contribution in [2.24, 2.45) is 0 Å². The first-order valence-corrected chi connectivity index (χ1v) is 12.5. The summed E-state index contributed by atoms with van der Waals surface area (Å²) >= 11 is 6.01. The van der Waals surface area contributed by atoms with Crippen LogP contribution in [-0.2, 0) is 35.5 Å². The topological polar surface area (TPSA) is 79.4 Å². The number of hydrogen-bond acceptors (Lipinski definition) is 4. The molecule has 37 heavy (non-hydrogen) atoms. The summed E-state index contributed by atoms with van der Waals surface area (Å²) in [6.07, 6.45) is -7.39. The summed E-state index contributed by atoms with van der Waals surface area (Å²) in [5.74, 6) is -0.599. The SMILES string of the molecule is CS(=O)(=O)N(Cc1cc(C(F)(F)F)ccc1Cl)c1ccc(C(=O)NCc2ccc(C(F)(F)F)nc2)cc1. The Kier molecular flexibility index (Phi) is 8.08. The van der Waals surface area contributed by atoms with Gasteiger partial charge in [-0.2, -0.15) is 26.3 Å². The summed E-state index contributed by atoms with van der Waals surface area (Å²) < 4.78 is 103. The van der Waals surface area contributed by atoms with Gasteiger partial charge in [0.1, 0.15) is 5.69 Å². The van der Waals surface area contributed by atoms with Crippen LogP contribution in [-0.4, -0.2) is 25.6 Å². The molecule has 1 amide bonds. The molecule has 0 aliphatic carbocycles. The third kappa shape index (κ3) is 7.35. The van der Waals surface area contributed by atoms with Crippen LogP contribution in [0.4, 0.5) is 32.0 Å². The van der Waals surface area contributed by atoms with Crippen molar-refractivity contribution in [3.8, 4) is 0 Å². The highest BCUT2D eigenvalue weighted by molar-refractivity contribution is 7.92. The summed E-state index contributed by atoms with van der Waals surface area (Å²) in [5.41, 5.74) is -1.64. The van der Waals surface area contributed by atoms with E-state index in [0.29, 0.717) is 5.56 Å². The van der Waals surface area contributed by atoms with Crippen molar-refractivity contribution in [2.45, 2.75) is 25.4 Å². The van der Waals surface area contributed by atoms with E-state index in [0.717, 1.165) is 41.0 Å². The minimum Gasteiger partial charge on any atom is -0.348 e. The van der Waals surface area contributed by atoms with Gasteiger partial charge in [-0.1, -0.05) is 17.7 Å². The van der Waals surface area contributed by atoms with Crippen molar-refractivity contribution in [3.63, 3.8) is 0 Å². The highest BCUT2D eigenvalue weighted by atomic mass is 35.5. The lowest BCUT2D eigenvalue weighted by molar-refractivity contribution is -0.141. The number of pyridine rings is 1. The fourth-order valence-electron chi connectivity index (χ4n) is 3.19.